The second-order valence-electron chi connectivity index (χ2n) is 2.73. The topological polar surface area (TPSA) is 66.4 Å². The van der Waals surface area contributed by atoms with Gasteiger partial charge < -0.3 is 10.4 Å². The fraction of sp³-hybridized carbons (Fsp3) is 0.750. The van der Waals surface area contributed by atoms with Crippen molar-refractivity contribution in [1.29, 1.82) is 0 Å². The molecule has 0 saturated carbocycles. The molecule has 0 aromatic rings. The summed E-state index contributed by atoms with van der Waals surface area (Å²) in [4.78, 5) is 21.1. The van der Waals surface area contributed by atoms with Crippen molar-refractivity contribution in [3.05, 3.63) is 0 Å². The van der Waals surface area contributed by atoms with Gasteiger partial charge in [-0.2, -0.15) is 0 Å². The van der Waals surface area contributed by atoms with Gasteiger partial charge in [-0.15, -0.1) is 0 Å². The first-order valence-electron chi connectivity index (χ1n) is 4.07. The molecular formula is C8H15NO3Zn. The molecule has 1 amide bonds. The predicted molar refractivity (Wildman–Crippen MR) is 44.8 cm³/mol. The molecule has 72 valence electrons. The summed E-state index contributed by atoms with van der Waals surface area (Å²) in [5.41, 5.74) is 0. The van der Waals surface area contributed by atoms with Crippen molar-refractivity contribution in [1.82, 2.24) is 5.32 Å². The molecule has 0 aliphatic rings. The van der Waals surface area contributed by atoms with Crippen LogP contribution in [0.1, 0.15) is 33.1 Å². The minimum absolute atomic E-state index is 0. The average Bonchev–Trinajstić information content (AvgIpc) is 1.96. The van der Waals surface area contributed by atoms with E-state index >= 15 is 0 Å². The third-order valence-electron chi connectivity index (χ3n) is 1.52. The molecule has 2 N–H and O–H groups in total. The number of carbonyl (C=O) groups is 2. The molecule has 0 aliphatic carbocycles. The van der Waals surface area contributed by atoms with Gasteiger partial charge in [0.05, 0.1) is 0 Å². The minimum atomic E-state index is -0.960. The number of unbranched alkanes of at least 4 members (excludes halogenated alkanes) is 1. The number of rotatable bonds is 5. The Balaban J connectivity index is 0. The first-order valence-corrected chi connectivity index (χ1v) is 4.07. The van der Waals surface area contributed by atoms with Crippen LogP contribution in [0.3, 0.4) is 0 Å². The number of aliphatic carboxylic acids is 1. The number of nitrogens with one attached hydrogen (secondary N) is 1. The quantitative estimate of drug-likeness (QED) is 0.695. The van der Waals surface area contributed by atoms with Gasteiger partial charge in [-0.3, -0.25) is 4.79 Å². The fourth-order valence-electron chi connectivity index (χ4n) is 0.911. The van der Waals surface area contributed by atoms with Crippen molar-refractivity contribution in [2.75, 3.05) is 0 Å². The van der Waals surface area contributed by atoms with Gasteiger partial charge in [0, 0.05) is 26.4 Å². The molecule has 0 bridgehead atoms. The molecule has 1 unspecified atom stereocenters. The Kier molecular flexibility index (Phi) is 9.47. The van der Waals surface area contributed by atoms with Crippen molar-refractivity contribution >= 4 is 11.9 Å². The summed E-state index contributed by atoms with van der Waals surface area (Å²) in [7, 11) is 0. The summed E-state index contributed by atoms with van der Waals surface area (Å²) in [5.74, 6) is -1.25. The number of hydrogen-bond acceptors (Lipinski definition) is 2. The maximum absolute atomic E-state index is 10.5. The van der Waals surface area contributed by atoms with Crippen LogP contribution in [0.15, 0.2) is 0 Å². The van der Waals surface area contributed by atoms with E-state index in [1.165, 1.54) is 6.92 Å². The molecule has 0 saturated heterocycles. The number of amides is 1. The zero-order chi connectivity index (χ0) is 9.56. The van der Waals surface area contributed by atoms with Crippen molar-refractivity contribution in [2.24, 2.45) is 0 Å². The summed E-state index contributed by atoms with van der Waals surface area (Å²) in [6.45, 7) is 3.30. The summed E-state index contributed by atoms with van der Waals surface area (Å²) in [5, 5.41) is 11.0. The number of hydrogen-bond donors (Lipinski definition) is 2. The molecule has 4 nitrogen and oxygen atoms in total. The van der Waals surface area contributed by atoms with Crippen LogP contribution in [0.25, 0.3) is 0 Å². The molecule has 5 heteroatoms. The van der Waals surface area contributed by atoms with E-state index in [1.807, 2.05) is 6.92 Å². The molecule has 0 rings (SSSR count). The van der Waals surface area contributed by atoms with Crippen molar-refractivity contribution in [3.63, 3.8) is 0 Å². The Bertz CT molecular complexity index is 173. The average molecular weight is 239 g/mol. The Labute approximate surface area is 90.8 Å². The van der Waals surface area contributed by atoms with Crippen LogP contribution in [0.4, 0.5) is 0 Å². The van der Waals surface area contributed by atoms with Crippen molar-refractivity contribution < 1.29 is 34.2 Å². The van der Waals surface area contributed by atoms with Gasteiger partial charge in [-0.1, -0.05) is 19.8 Å². The Hall–Kier alpha value is -0.437. The second-order valence-corrected chi connectivity index (χ2v) is 2.73. The van der Waals surface area contributed by atoms with Gasteiger partial charge >= 0.3 is 5.97 Å². The predicted octanol–water partition coefficient (Wildman–Crippen LogP) is 0.763. The monoisotopic (exact) mass is 237 g/mol. The van der Waals surface area contributed by atoms with E-state index in [1.54, 1.807) is 0 Å². The van der Waals surface area contributed by atoms with Crippen LogP contribution in [0.2, 0.25) is 0 Å². The number of carboxylic acid groups (broad SMARTS) is 1. The van der Waals surface area contributed by atoms with E-state index < -0.39 is 12.0 Å². The smallest absolute Gasteiger partial charge is 0.326 e. The van der Waals surface area contributed by atoms with E-state index in [4.69, 9.17) is 5.11 Å². The molecule has 0 spiro atoms. The molecular weight excluding hydrogens is 223 g/mol. The maximum Gasteiger partial charge on any atom is 0.326 e. The van der Waals surface area contributed by atoms with E-state index in [9.17, 15) is 9.59 Å². The minimum Gasteiger partial charge on any atom is -0.480 e. The first-order chi connectivity index (χ1) is 5.57. The Morgan fingerprint density at radius 3 is 2.31 bits per heavy atom. The first kappa shape index (κ1) is 15.1. The largest absolute Gasteiger partial charge is 0.480 e. The summed E-state index contributed by atoms with van der Waals surface area (Å²) in [6.07, 6.45) is 2.26. The normalized spacial score (nSPS) is 11.2. The molecule has 0 fully saturated rings. The van der Waals surface area contributed by atoms with Crippen LogP contribution in [0.5, 0.6) is 0 Å². The van der Waals surface area contributed by atoms with E-state index in [-0.39, 0.29) is 25.4 Å². The Morgan fingerprint density at radius 1 is 1.46 bits per heavy atom. The van der Waals surface area contributed by atoms with E-state index in [0.717, 1.165) is 12.8 Å². The third kappa shape index (κ3) is 7.91. The molecule has 0 aromatic heterocycles. The van der Waals surface area contributed by atoms with Gasteiger partial charge in [0.15, 0.2) is 0 Å². The fourth-order valence-corrected chi connectivity index (χ4v) is 0.911. The van der Waals surface area contributed by atoms with E-state index in [2.05, 4.69) is 5.32 Å². The molecule has 0 aliphatic heterocycles. The maximum atomic E-state index is 10.5. The molecule has 0 heterocycles. The van der Waals surface area contributed by atoms with Crippen molar-refractivity contribution in [3.8, 4) is 0 Å². The molecule has 1 atom stereocenters. The van der Waals surface area contributed by atoms with Crippen LogP contribution >= 0.6 is 0 Å². The standard InChI is InChI=1S/C8H15NO3.Zn/c1-3-4-5-7(8(11)12)9-6(2)10;/h7H,3-5H2,1-2H3,(H,9,10)(H,11,12);. The summed E-state index contributed by atoms with van der Waals surface area (Å²) < 4.78 is 0. The zero-order valence-corrected chi connectivity index (χ0v) is 11.1. The third-order valence-corrected chi connectivity index (χ3v) is 1.52. The van der Waals surface area contributed by atoms with Crippen molar-refractivity contribution in [2.45, 2.75) is 39.2 Å². The summed E-state index contributed by atoms with van der Waals surface area (Å²) >= 11 is 0. The summed E-state index contributed by atoms with van der Waals surface area (Å²) in [6, 6.07) is -0.720. The van der Waals surface area contributed by atoms with Gasteiger partial charge in [-0.25, -0.2) is 4.79 Å². The Morgan fingerprint density at radius 2 is 2.00 bits per heavy atom. The molecule has 0 aromatic carbocycles. The van der Waals surface area contributed by atoms with Gasteiger partial charge in [-0.05, 0) is 6.42 Å². The number of carbonyl (C=O) groups excluding carboxylic acids is 1. The van der Waals surface area contributed by atoms with Crippen LogP contribution in [-0.4, -0.2) is 23.0 Å². The van der Waals surface area contributed by atoms with Crippen LogP contribution < -0.4 is 5.32 Å². The van der Waals surface area contributed by atoms with Gasteiger partial charge in [0.1, 0.15) is 6.04 Å². The number of carboxylic acids is 1. The van der Waals surface area contributed by atoms with Crippen LogP contribution in [0, 0.1) is 0 Å². The SMILES string of the molecule is CCCCC(NC(C)=O)C(=O)O.[Zn]. The molecule has 13 heavy (non-hydrogen) atoms. The van der Waals surface area contributed by atoms with E-state index in [0.29, 0.717) is 6.42 Å². The van der Waals surface area contributed by atoms with Crippen LogP contribution in [-0.2, 0) is 29.1 Å². The second kappa shape index (κ2) is 8.17. The molecule has 0 radical (unpaired) electrons. The zero-order valence-electron chi connectivity index (χ0n) is 8.17. The van der Waals surface area contributed by atoms with Gasteiger partial charge in [0.2, 0.25) is 5.91 Å². The van der Waals surface area contributed by atoms with Gasteiger partial charge in [0.25, 0.3) is 0 Å².